The van der Waals surface area contributed by atoms with Crippen LogP contribution in [0, 0.1) is 0 Å². The van der Waals surface area contributed by atoms with E-state index in [0.29, 0.717) is 12.5 Å². The highest BCUT2D eigenvalue weighted by molar-refractivity contribution is 5.84. The third kappa shape index (κ3) is 5.52. The third-order valence-electron chi connectivity index (χ3n) is 4.49. The zero-order valence-corrected chi connectivity index (χ0v) is 15.5. The van der Waals surface area contributed by atoms with Gasteiger partial charge in [0.25, 0.3) is 0 Å². The van der Waals surface area contributed by atoms with Crippen LogP contribution in [-0.2, 0) is 11.3 Å². The maximum absolute atomic E-state index is 12.3. The Kier molecular flexibility index (Phi) is 6.87. The summed E-state index contributed by atoms with van der Waals surface area (Å²) >= 11 is 0. The van der Waals surface area contributed by atoms with Crippen molar-refractivity contribution in [2.45, 2.75) is 45.7 Å². The Morgan fingerprint density at radius 1 is 1.04 bits per heavy atom. The number of anilines is 1. The predicted molar refractivity (Wildman–Crippen MR) is 103 cm³/mol. The van der Waals surface area contributed by atoms with Gasteiger partial charge in [-0.3, -0.25) is 4.79 Å². The van der Waals surface area contributed by atoms with E-state index in [1.165, 1.54) is 5.56 Å². The molecule has 2 N–H and O–H groups in total. The average Bonchev–Trinajstić information content (AvgIpc) is 2.66. The number of hydrogen-bond acceptors (Lipinski definition) is 3. The van der Waals surface area contributed by atoms with E-state index in [2.05, 4.69) is 36.6 Å². The molecule has 0 bridgehead atoms. The topological polar surface area (TPSA) is 50.4 Å². The zero-order chi connectivity index (χ0) is 18.2. The van der Waals surface area contributed by atoms with Gasteiger partial charge in [-0.2, -0.15) is 0 Å². The smallest absolute Gasteiger partial charge is 0.242 e. The molecule has 134 valence electrons. The second-order valence-electron chi connectivity index (χ2n) is 6.36. The molecule has 0 heterocycles. The van der Waals surface area contributed by atoms with E-state index in [4.69, 9.17) is 4.74 Å². The second kappa shape index (κ2) is 9.11. The highest BCUT2D eigenvalue weighted by atomic mass is 16.5. The van der Waals surface area contributed by atoms with Gasteiger partial charge in [0.05, 0.1) is 7.11 Å². The first-order valence-corrected chi connectivity index (χ1v) is 8.80. The molecule has 2 atom stereocenters. The van der Waals surface area contributed by atoms with Crippen LogP contribution in [0.15, 0.2) is 48.5 Å². The van der Waals surface area contributed by atoms with Crippen LogP contribution in [-0.4, -0.2) is 19.1 Å². The second-order valence-corrected chi connectivity index (χ2v) is 6.36. The molecule has 4 nitrogen and oxygen atoms in total. The van der Waals surface area contributed by atoms with Gasteiger partial charge in [0.2, 0.25) is 5.91 Å². The molecule has 0 saturated carbocycles. The molecule has 0 radical (unpaired) electrons. The Morgan fingerprint density at radius 2 is 1.68 bits per heavy atom. The van der Waals surface area contributed by atoms with Gasteiger partial charge in [-0.15, -0.1) is 0 Å². The van der Waals surface area contributed by atoms with Gasteiger partial charge in [0, 0.05) is 12.2 Å². The van der Waals surface area contributed by atoms with Crippen LogP contribution in [0.5, 0.6) is 5.75 Å². The molecule has 2 rings (SSSR count). The molecule has 0 spiro atoms. The minimum Gasteiger partial charge on any atom is -0.497 e. The van der Waals surface area contributed by atoms with Crippen LogP contribution in [0.3, 0.4) is 0 Å². The fourth-order valence-corrected chi connectivity index (χ4v) is 2.54. The van der Waals surface area contributed by atoms with E-state index in [1.807, 2.05) is 43.3 Å². The van der Waals surface area contributed by atoms with Crippen molar-refractivity contribution in [2.75, 3.05) is 12.4 Å². The van der Waals surface area contributed by atoms with Crippen LogP contribution >= 0.6 is 0 Å². The quantitative estimate of drug-likeness (QED) is 0.752. The number of benzene rings is 2. The highest BCUT2D eigenvalue weighted by Crippen LogP contribution is 2.20. The molecule has 0 unspecified atom stereocenters. The molecule has 25 heavy (non-hydrogen) atoms. The molecule has 1 amide bonds. The number of amides is 1. The maximum Gasteiger partial charge on any atom is 0.242 e. The van der Waals surface area contributed by atoms with E-state index >= 15 is 0 Å². The lowest BCUT2D eigenvalue weighted by molar-refractivity contribution is -0.121. The Bertz CT molecular complexity index is 665. The fourth-order valence-electron chi connectivity index (χ4n) is 2.54. The summed E-state index contributed by atoms with van der Waals surface area (Å²) < 4.78 is 5.13. The van der Waals surface area contributed by atoms with Crippen LogP contribution < -0.4 is 15.4 Å². The molecule has 0 aliphatic carbocycles. The third-order valence-corrected chi connectivity index (χ3v) is 4.49. The summed E-state index contributed by atoms with van der Waals surface area (Å²) in [5.74, 6) is 1.34. The molecular weight excluding hydrogens is 312 g/mol. The molecule has 2 aromatic rings. The van der Waals surface area contributed by atoms with Crippen molar-refractivity contribution in [3.63, 3.8) is 0 Å². The SMILES string of the molecule is CC[C@@H](C)c1ccc(N[C@H](C)C(=O)NCc2ccc(OC)cc2)cc1. The monoisotopic (exact) mass is 340 g/mol. The van der Waals surface area contributed by atoms with Crippen LogP contribution in [0.2, 0.25) is 0 Å². The number of hydrogen-bond donors (Lipinski definition) is 2. The molecule has 0 saturated heterocycles. The predicted octanol–water partition coefficient (Wildman–Crippen LogP) is 4.33. The summed E-state index contributed by atoms with van der Waals surface area (Å²) in [5, 5.41) is 6.20. The normalized spacial score (nSPS) is 13.0. The van der Waals surface area contributed by atoms with Crippen LogP contribution in [0.4, 0.5) is 5.69 Å². The minimum absolute atomic E-state index is 0.0261. The van der Waals surface area contributed by atoms with Crippen LogP contribution in [0.1, 0.15) is 44.2 Å². The summed E-state index contributed by atoms with van der Waals surface area (Å²) in [4.78, 5) is 12.3. The molecule has 2 aromatic carbocycles. The number of nitrogens with one attached hydrogen (secondary N) is 2. The number of carbonyl (C=O) groups excluding carboxylic acids is 1. The maximum atomic E-state index is 12.3. The lowest BCUT2D eigenvalue weighted by atomic mass is 9.98. The number of methoxy groups -OCH3 is 1. The lowest BCUT2D eigenvalue weighted by Gasteiger charge is -2.16. The summed E-state index contributed by atoms with van der Waals surface area (Å²) in [7, 11) is 1.64. The van der Waals surface area contributed by atoms with Crippen molar-refractivity contribution in [2.24, 2.45) is 0 Å². The first-order chi connectivity index (χ1) is 12.0. The standard InChI is InChI=1S/C21H28N2O2/c1-5-15(2)18-8-10-19(11-9-18)23-16(3)21(24)22-14-17-6-12-20(25-4)13-7-17/h6-13,15-16,23H,5,14H2,1-4H3,(H,22,24)/t15-,16-/m1/s1. The van der Waals surface area contributed by atoms with E-state index in [0.717, 1.165) is 23.4 Å². The lowest BCUT2D eigenvalue weighted by Crippen LogP contribution is -2.37. The summed E-state index contributed by atoms with van der Waals surface area (Å²) in [5.41, 5.74) is 3.32. The number of ether oxygens (including phenoxy) is 1. The Morgan fingerprint density at radius 3 is 2.24 bits per heavy atom. The van der Waals surface area contributed by atoms with Gasteiger partial charge in [0.1, 0.15) is 11.8 Å². The van der Waals surface area contributed by atoms with Crippen molar-refractivity contribution in [1.29, 1.82) is 0 Å². The molecule has 4 heteroatoms. The van der Waals surface area contributed by atoms with E-state index in [1.54, 1.807) is 7.11 Å². The largest absolute Gasteiger partial charge is 0.497 e. The van der Waals surface area contributed by atoms with E-state index < -0.39 is 0 Å². The Balaban J connectivity index is 1.84. The molecule has 0 aromatic heterocycles. The molecule has 0 aliphatic rings. The van der Waals surface area contributed by atoms with Crippen molar-refractivity contribution < 1.29 is 9.53 Å². The number of carbonyl (C=O) groups is 1. The van der Waals surface area contributed by atoms with Crippen molar-refractivity contribution >= 4 is 11.6 Å². The van der Waals surface area contributed by atoms with E-state index in [-0.39, 0.29) is 11.9 Å². The van der Waals surface area contributed by atoms with Crippen LogP contribution in [0.25, 0.3) is 0 Å². The molecule has 0 fully saturated rings. The fraction of sp³-hybridized carbons (Fsp3) is 0.381. The van der Waals surface area contributed by atoms with Gasteiger partial charge in [-0.05, 0) is 54.7 Å². The van der Waals surface area contributed by atoms with Gasteiger partial charge in [-0.1, -0.05) is 38.1 Å². The number of rotatable bonds is 8. The Hall–Kier alpha value is -2.49. The molecular formula is C21H28N2O2. The van der Waals surface area contributed by atoms with Gasteiger partial charge < -0.3 is 15.4 Å². The van der Waals surface area contributed by atoms with Crippen molar-refractivity contribution in [1.82, 2.24) is 5.32 Å². The average molecular weight is 340 g/mol. The first-order valence-electron chi connectivity index (χ1n) is 8.80. The Labute approximate surface area is 150 Å². The van der Waals surface area contributed by atoms with E-state index in [9.17, 15) is 4.79 Å². The summed E-state index contributed by atoms with van der Waals surface area (Å²) in [6, 6.07) is 15.7. The minimum atomic E-state index is -0.298. The first kappa shape index (κ1) is 18.8. The van der Waals surface area contributed by atoms with Gasteiger partial charge >= 0.3 is 0 Å². The molecule has 0 aliphatic heterocycles. The van der Waals surface area contributed by atoms with Crippen molar-refractivity contribution in [3.05, 3.63) is 59.7 Å². The summed E-state index contributed by atoms with van der Waals surface area (Å²) in [6.45, 7) is 6.78. The summed E-state index contributed by atoms with van der Waals surface area (Å²) in [6.07, 6.45) is 1.12. The van der Waals surface area contributed by atoms with Gasteiger partial charge in [-0.25, -0.2) is 0 Å². The van der Waals surface area contributed by atoms with Gasteiger partial charge in [0.15, 0.2) is 0 Å². The highest BCUT2D eigenvalue weighted by Gasteiger charge is 2.12. The zero-order valence-electron chi connectivity index (χ0n) is 15.5. The van der Waals surface area contributed by atoms with Crippen molar-refractivity contribution in [3.8, 4) is 5.75 Å².